The van der Waals surface area contributed by atoms with Gasteiger partial charge in [-0.1, -0.05) is 6.07 Å². The van der Waals surface area contributed by atoms with Crippen molar-refractivity contribution < 1.29 is 9.90 Å². The third-order valence-electron chi connectivity index (χ3n) is 4.60. The highest BCUT2D eigenvalue weighted by molar-refractivity contribution is 7.11. The summed E-state index contributed by atoms with van der Waals surface area (Å²) in [5, 5.41) is 15.3. The van der Waals surface area contributed by atoms with Crippen LogP contribution in [0.3, 0.4) is 0 Å². The quantitative estimate of drug-likeness (QED) is 0.652. The molecule has 26 heavy (non-hydrogen) atoms. The molecule has 4 rings (SSSR count). The number of carbonyl (C=O) groups is 1. The third-order valence-corrected chi connectivity index (χ3v) is 5.37. The Balaban J connectivity index is 1.65. The van der Waals surface area contributed by atoms with Gasteiger partial charge in [-0.2, -0.15) is 0 Å². The van der Waals surface area contributed by atoms with Crippen LogP contribution in [-0.2, 0) is 0 Å². The van der Waals surface area contributed by atoms with Gasteiger partial charge in [0.05, 0.1) is 23.4 Å². The number of aliphatic hydroxyl groups excluding tert-OH is 1. The Labute approximate surface area is 155 Å². The van der Waals surface area contributed by atoms with E-state index in [2.05, 4.69) is 20.3 Å². The van der Waals surface area contributed by atoms with Crippen LogP contribution >= 0.6 is 11.3 Å². The molecule has 0 saturated heterocycles. The lowest BCUT2D eigenvalue weighted by Crippen LogP contribution is -2.36. The summed E-state index contributed by atoms with van der Waals surface area (Å²) in [5.74, 6) is 0.610. The zero-order chi connectivity index (χ0) is 17.9. The van der Waals surface area contributed by atoms with E-state index in [1.54, 1.807) is 36.1 Å². The van der Waals surface area contributed by atoms with Gasteiger partial charge in [0.1, 0.15) is 5.82 Å². The molecular weight excluding hydrogens is 348 g/mol. The van der Waals surface area contributed by atoms with Gasteiger partial charge in [0, 0.05) is 24.0 Å². The van der Waals surface area contributed by atoms with E-state index in [-0.39, 0.29) is 23.8 Å². The number of carbonyl (C=O) groups excluding carboxylic acids is 1. The summed E-state index contributed by atoms with van der Waals surface area (Å²) < 4.78 is 0. The second kappa shape index (κ2) is 7.31. The van der Waals surface area contributed by atoms with Crippen molar-refractivity contribution in [3.8, 4) is 0 Å². The number of thiazole rings is 1. The number of hydrogen-bond donors (Lipinski definition) is 2. The highest BCUT2D eigenvalue weighted by Crippen LogP contribution is 2.39. The van der Waals surface area contributed by atoms with E-state index in [0.717, 1.165) is 5.69 Å². The van der Waals surface area contributed by atoms with Gasteiger partial charge in [0.2, 0.25) is 5.78 Å². The van der Waals surface area contributed by atoms with Crippen molar-refractivity contribution in [3.05, 3.63) is 70.6 Å². The van der Waals surface area contributed by atoms with Crippen LogP contribution in [0.2, 0.25) is 0 Å². The van der Waals surface area contributed by atoms with Crippen LogP contribution in [0, 0.1) is 5.92 Å². The first-order chi connectivity index (χ1) is 12.7. The highest BCUT2D eigenvalue weighted by Gasteiger charge is 2.36. The van der Waals surface area contributed by atoms with Crippen LogP contribution in [0.15, 0.2) is 54.3 Å². The van der Waals surface area contributed by atoms with Crippen LogP contribution in [0.5, 0.6) is 0 Å². The van der Waals surface area contributed by atoms with E-state index in [4.69, 9.17) is 0 Å². The fourth-order valence-corrected chi connectivity index (χ4v) is 3.79. The molecule has 7 heteroatoms. The second-order valence-electron chi connectivity index (χ2n) is 6.33. The van der Waals surface area contributed by atoms with Crippen LogP contribution in [0.4, 0.5) is 5.82 Å². The van der Waals surface area contributed by atoms with Gasteiger partial charge in [-0.15, -0.1) is 11.3 Å². The average Bonchev–Trinajstić information content (AvgIpc) is 3.19. The van der Waals surface area contributed by atoms with Crippen LogP contribution in [-0.4, -0.2) is 31.9 Å². The maximum atomic E-state index is 12.8. The molecule has 6 nitrogen and oxygen atoms in total. The summed E-state index contributed by atoms with van der Waals surface area (Å²) in [6.07, 6.45) is 6.17. The zero-order valence-electron chi connectivity index (χ0n) is 13.9. The molecule has 132 valence electrons. The van der Waals surface area contributed by atoms with E-state index in [1.165, 1.54) is 11.3 Å². The molecular formula is C19H18N4O2S. The van der Waals surface area contributed by atoms with Crippen molar-refractivity contribution in [2.45, 2.75) is 25.0 Å². The molecule has 1 saturated carbocycles. The highest BCUT2D eigenvalue weighted by atomic mass is 32.1. The van der Waals surface area contributed by atoms with Gasteiger partial charge < -0.3 is 10.4 Å². The summed E-state index contributed by atoms with van der Waals surface area (Å²) in [4.78, 5) is 25.7. The first-order valence-electron chi connectivity index (χ1n) is 8.47. The fraction of sp³-hybridized carbons (Fsp3) is 0.263. The van der Waals surface area contributed by atoms with Crippen molar-refractivity contribution in [2.75, 3.05) is 5.32 Å². The van der Waals surface area contributed by atoms with Gasteiger partial charge in [-0.25, -0.2) is 9.97 Å². The van der Waals surface area contributed by atoms with E-state index in [1.807, 2.05) is 18.2 Å². The summed E-state index contributed by atoms with van der Waals surface area (Å²) in [5.41, 5.74) is 1.37. The van der Waals surface area contributed by atoms with E-state index in [0.29, 0.717) is 29.2 Å². The van der Waals surface area contributed by atoms with Gasteiger partial charge in [0.15, 0.2) is 5.01 Å². The maximum absolute atomic E-state index is 12.8. The molecule has 1 atom stereocenters. The predicted molar refractivity (Wildman–Crippen MR) is 99.1 cm³/mol. The number of aromatic nitrogens is 3. The molecule has 3 aromatic rings. The van der Waals surface area contributed by atoms with E-state index in [9.17, 15) is 9.90 Å². The first-order valence-corrected chi connectivity index (χ1v) is 9.35. The minimum absolute atomic E-state index is 0.114. The summed E-state index contributed by atoms with van der Waals surface area (Å²) in [7, 11) is 0. The largest absolute Gasteiger partial charge is 0.393 e. The summed E-state index contributed by atoms with van der Waals surface area (Å²) in [6.45, 7) is 0. The summed E-state index contributed by atoms with van der Waals surface area (Å²) in [6, 6.07) is 9.14. The molecule has 0 bridgehead atoms. The van der Waals surface area contributed by atoms with Crippen molar-refractivity contribution in [1.82, 2.24) is 15.0 Å². The molecule has 1 aliphatic carbocycles. The molecule has 3 aromatic heterocycles. The normalized spacial score (nSPS) is 20.2. The Bertz CT molecular complexity index is 880. The van der Waals surface area contributed by atoms with Gasteiger partial charge in [-0.3, -0.25) is 9.78 Å². The zero-order valence-corrected chi connectivity index (χ0v) is 14.8. The molecule has 0 aromatic carbocycles. The van der Waals surface area contributed by atoms with Gasteiger partial charge in [0.25, 0.3) is 0 Å². The number of rotatable bonds is 6. The molecule has 3 heterocycles. The Morgan fingerprint density at radius 2 is 1.96 bits per heavy atom. The Hall–Kier alpha value is -2.64. The number of ketones is 1. The number of anilines is 1. The van der Waals surface area contributed by atoms with Gasteiger partial charge >= 0.3 is 0 Å². The minimum Gasteiger partial charge on any atom is -0.393 e. The topological polar surface area (TPSA) is 88.0 Å². The number of nitrogens with zero attached hydrogens (tertiary/aromatic N) is 3. The fourth-order valence-electron chi connectivity index (χ4n) is 3.20. The predicted octanol–water partition coefficient (Wildman–Crippen LogP) is 3.09. The maximum Gasteiger partial charge on any atom is 0.225 e. The lowest BCUT2D eigenvalue weighted by atomic mass is 9.76. The lowest BCUT2D eigenvalue weighted by molar-refractivity contribution is 0.0333. The van der Waals surface area contributed by atoms with Crippen molar-refractivity contribution in [3.63, 3.8) is 0 Å². The van der Waals surface area contributed by atoms with Crippen molar-refractivity contribution in [1.29, 1.82) is 0 Å². The molecule has 2 N–H and O–H groups in total. The summed E-state index contributed by atoms with van der Waals surface area (Å²) >= 11 is 1.31. The van der Waals surface area contributed by atoms with Crippen LogP contribution < -0.4 is 5.32 Å². The Kier molecular flexibility index (Phi) is 4.73. The molecule has 0 spiro atoms. The van der Waals surface area contributed by atoms with Crippen molar-refractivity contribution in [2.24, 2.45) is 5.92 Å². The standard InChI is InChI=1S/C19H18N4O2S/c24-13-10-12(11-13)16(15-5-1-2-6-20-15)23-18-14(4-3-7-21-18)17(25)19-22-8-9-26-19/h1-9,12-13,16,24H,10-11H2,(H,21,23)/t12?,13?,16-/m1/s1. The first kappa shape index (κ1) is 16.8. The van der Waals surface area contributed by atoms with Crippen molar-refractivity contribution >= 4 is 22.9 Å². The average molecular weight is 366 g/mol. The third kappa shape index (κ3) is 3.36. The second-order valence-corrected chi connectivity index (χ2v) is 7.22. The monoisotopic (exact) mass is 366 g/mol. The van der Waals surface area contributed by atoms with E-state index < -0.39 is 0 Å². The molecule has 0 aliphatic heterocycles. The lowest BCUT2D eigenvalue weighted by Gasteiger charge is -2.38. The Morgan fingerprint density at radius 3 is 2.65 bits per heavy atom. The van der Waals surface area contributed by atoms with E-state index >= 15 is 0 Å². The SMILES string of the molecule is O=C(c1nccs1)c1cccnc1N[C@@H](c1ccccn1)C1CC(O)C1. The Morgan fingerprint density at radius 1 is 1.12 bits per heavy atom. The smallest absolute Gasteiger partial charge is 0.225 e. The molecule has 1 fully saturated rings. The number of aliphatic hydroxyl groups is 1. The molecule has 0 amide bonds. The number of hydrogen-bond acceptors (Lipinski definition) is 7. The molecule has 0 radical (unpaired) electrons. The van der Waals surface area contributed by atoms with Crippen LogP contribution in [0.25, 0.3) is 0 Å². The van der Waals surface area contributed by atoms with Gasteiger partial charge in [-0.05, 0) is 43.0 Å². The number of pyridine rings is 2. The van der Waals surface area contributed by atoms with Crippen LogP contribution in [0.1, 0.15) is 39.9 Å². The molecule has 1 aliphatic rings. The minimum atomic E-state index is -0.270. The number of nitrogens with one attached hydrogen (secondary N) is 1. The molecule has 0 unspecified atom stereocenters.